The van der Waals surface area contributed by atoms with Gasteiger partial charge in [-0.05, 0) is 6.07 Å². The topological polar surface area (TPSA) is 51.5 Å². The lowest BCUT2D eigenvalue weighted by atomic mass is 10.3. The fourth-order valence-corrected chi connectivity index (χ4v) is 1.00. The predicted octanol–water partition coefficient (Wildman–Crippen LogP) is 1.56. The van der Waals surface area contributed by atoms with Gasteiger partial charge in [0.1, 0.15) is 12.0 Å². The minimum absolute atomic E-state index is 0.371. The second-order valence-corrected chi connectivity index (χ2v) is 3.33. The Balaban J connectivity index is 2.55. The van der Waals surface area contributed by atoms with Gasteiger partial charge in [0.15, 0.2) is 0 Å². The fraction of sp³-hybridized carbons (Fsp3) is 0.500. The van der Waals surface area contributed by atoms with Gasteiger partial charge >= 0.3 is 5.97 Å². The van der Waals surface area contributed by atoms with E-state index in [0.717, 1.165) is 5.76 Å². The van der Waals surface area contributed by atoms with Gasteiger partial charge in [0.05, 0.1) is 19.2 Å². The lowest BCUT2D eigenvalue weighted by Crippen LogP contribution is -2.21. The summed E-state index contributed by atoms with van der Waals surface area (Å²) in [6.45, 7) is 4.71. The van der Waals surface area contributed by atoms with Crippen molar-refractivity contribution in [2.45, 2.75) is 26.4 Å². The molecule has 1 aromatic rings. The number of hydrogen-bond donors (Lipinski definition) is 1. The molecule has 0 saturated heterocycles. The molecular formula is C10H15NO3. The lowest BCUT2D eigenvalue weighted by Gasteiger charge is -2.04. The van der Waals surface area contributed by atoms with Gasteiger partial charge < -0.3 is 14.5 Å². The quantitative estimate of drug-likeness (QED) is 0.744. The maximum Gasteiger partial charge on any atom is 0.341 e. The van der Waals surface area contributed by atoms with Crippen molar-refractivity contribution in [2.75, 3.05) is 7.11 Å². The molecule has 4 heteroatoms. The average Bonchev–Trinajstić information content (AvgIpc) is 2.62. The zero-order valence-electron chi connectivity index (χ0n) is 8.66. The van der Waals surface area contributed by atoms with Crippen LogP contribution in [0.3, 0.4) is 0 Å². The molecule has 78 valence electrons. The number of methoxy groups -OCH3 is 1. The zero-order chi connectivity index (χ0) is 10.6. The summed E-state index contributed by atoms with van der Waals surface area (Å²) in [5, 5.41) is 3.19. The van der Waals surface area contributed by atoms with Crippen LogP contribution in [0.2, 0.25) is 0 Å². The molecular weight excluding hydrogens is 182 g/mol. The Morgan fingerprint density at radius 3 is 2.93 bits per heavy atom. The SMILES string of the molecule is COC(=O)c1coc(CNC(C)C)c1. The number of nitrogens with one attached hydrogen (secondary N) is 1. The molecule has 0 unspecified atom stereocenters. The number of hydrogen-bond acceptors (Lipinski definition) is 4. The highest BCUT2D eigenvalue weighted by molar-refractivity contribution is 5.88. The molecule has 1 rings (SSSR count). The van der Waals surface area contributed by atoms with Crippen LogP contribution < -0.4 is 5.32 Å². The van der Waals surface area contributed by atoms with Gasteiger partial charge in [-0.2, -0.15) is 0 Å². The number of rotatable bonds is 4. The van der Waals surface area contributed by atoms with E-state index in [1.165, 1.54) is 13.4 Å². The van der Waals surface area contributed by atoms with E-state index in [0.29, 0.717) is 18.2 Å². The highest BCUT2D eigenvalue weighted by Gasteiger charge is 2.09. The van der Waals surface area contributed by atoms with Gasteiger partial charge in [0.25, 0.3) is 0 Å². The fourth-order valence-electron chi connectivity index (χ4n) is 1.00. The third-order valence-corrected chi connectivity index (χ3v) is 1.76. The molecule has 4 nitrogen and oxygen atoms in total. The standard InChI is InChI=1S/C10H15NO3/c1-7(2)11-5-9-4-8(6-14-9)10(12)13-3/h4,6-7,11H,5H2,1-3H3. The molecule has 14 heavy (non-hydrogen) atoms. The summed E-state index contributed by atoms with van der Waals surface area (Å²) in [4.78, 5) is 11.1. The van der Waals surface area contributed by atoms with Crippen LogP contribution in [0.1, 0.15) is 30.0 Å². The van der Waals surface area contributed by atoms with E-state index < -0.39 is 0 Å². The van der Waals surface area contributed by atoms with Crippen molar-refractivity contribution in [3.8, 4) is 0 Å². The summed E-state index contributed by atoms with van der Waals surface area (Å²) in [6, 6.07) is 2.07. The van der Waals surface area contributed by atoms with E-state index >= 15 is 0 Å². The number of esters is 1. The first-order chi connectivity index (χ1) is 6.63. The molecule has 0 saturated carbocycles. The number of ether oxygens (including phenoxy) is 1. The molecule has 0 aliphatic heterocycles. The lowest BCUT2D eigenvalue weighted by molar-refractivity contribution is 0.0600. The first-order valence-electron chi connectivity index (χ1n) is 4.52. The summed E-state index contributed by atoms with van der Waals surface area (Å²) in [5.41, 5.74) is 0.452. The van der Waals surface area contributed by atoms with E-state index in [9.17, 15) is 4.79 Å². The van der Waals surface area contributed by atoms with Crippen molar-refractivity contribution in [2.24, 2.45) is 0 Å². The number of carbonyl (C=O) groups excluding carboxylic acids is 1. The second-order valence-electron chi connectivity index (χ2n) is 3.33. The molecule has 0 aromatic carbocycles. The Kier molecular flexibility index (Phi) is 3.71. The van der Waals surface area contributed by atoms with Gasteiger partial charge in [-0.1, -0.05) is 13.8 Å². The van der Waals surface area contributed by atoms with Crippen LogP contribution >= 0.6 is 0 Å². The largest absolute Gasteiger partial charge is 0.467 e. The third kappa shape index (κ3) is 2.88. The van der Waals surface area contributed by atoms with Crippen LogP contribution in [0.4, 0.5) is 0 Å². The van der Waals surface area contributed by atoms with Crippen molar-refractivity contribution >= 4 is 5.97 Å². The highest BCUT2D eigenvalue weighted by Crippen LogP contribution is 2.08. The van der Waals surface area contributed by atoms with E-state index in [2.05, 4.69) is 10.1 Å². The molecule has 0 fully saturated rings. The molecule has 1 N–H and O–H groups in total. The van der Waals surface area contributed by atoms with Crippen molar-refractivity contribution < 1.29 is 13.9 Å². The van der Waals surface area contributed by atoms with Crippen molar-refractivity contribution in [3.05, 3.63) is 23.7 Å². The monoisotopic (exact) mass is 197 g/mol. The maximum absolute atomic E-state index is 11.1. The molecule has 0 aliphatic rings. The van der Waals surface area contributed by atoms with Crippen LogP contribution in [-0.4, -0.2) is 19.1 Å². The first kappa shape index (κ1) is 10.8. The van der Waals surface area contributed by atoms with Gasteiger partial charge in [0.2, 0.25) is 0 Å². The molecule has 0 atom stereocenters. The first-order valence-corrected chi connectivity index (χ1v) is 4.52. The minimum atomic E-state index is -0.371. The van der Waals surface area contributed by atoms with Crippen LogP contribution in [0.25, 0.3) is 0 Å². The molecule has 0 amide bonds. The van der Waals surface area contributed by atoms with Crippen LogP contribution in [0.15, 0.2) is 16.7 Å². The Hall–Kier alpha value is -1.29. The van der Waals surface area contributed by atoms with Gasteiger partial charge in [-0.15, -0.1) is 0 Å². The summed E-state index contributed by atoms with van der Waals surface area (Å²) in [7, 11) is 1.35. The number of furan rings is 1. The van der Waals surface area contributed by atoms with Crippen LogP contribution in [0.5, 0.6) is 0 Å². The molecule has 0 bridgehead atoms. The smallest absolute Gasteiger partial charge is 0.341 e. The third-order valence-electron chi connectivity index (χ3n) is 1.76. The molecule has 1 aromatic heterocycles. The Bertz CT molecular complexity index is 304. The van der Waals surface area contributed by atoms with Crippen LogP contribution in [0, 0.1) is 0 Å². The van der Waals surface area contributed by atoms with Gasteiger partial charge in [0, 0.05) is 6.04 Å². The van der Waals surface area contributed by atoms with E-state index in [1.807, 2.05) is 13.8 Å². The average molecular weight is 197 g/mol. The molecule has 0 spiro atoms. The molecule has 1 heterocycles. The number of carbonyl (C=O) groups is 1. The molecule has 0 aliphatic carbocycles. The Labute approximate surface area is 83.2 Å². The van der Waals surface area contributed by atoms with Crippen LogP contribution in [-0.2, 0) is 11.3 Å². The predicted molar refractivity (Wildman–Crippen MR) is 52.0 cm³/mol. The highest BCUT2D eigenvalue weighted by atomic mass is 16.5. The van der Waals surface area contributed by atoms with Crippen molar-refractivity contribution in [3.63, 3.8) is 0 Å². The summed E-state index contributed by atoms with van der Waals surface area (Å²) in [6.07, 6.45) is 1.41. The second kappa shape index (κ2) is 4.81. The van der Waals surface area contributed by atoms with E-state index in [-0.39, 0.29) is 5.97 Å². The van der Waals surface area contributed by atoms with E-state index in [1.54, 1.807) is 6.07 Å². The normalized spacial score (nSPS) is 10.6. The summed E-state index contributed by atoms with van der Waals surface area (Å²) in [5.74, 6) is 0.364. The maximum atomic E-state index is 11.1. The van der Waals surface area contributed by atoms with E-state index in [4.69, 9.17) is 4.42 Å². The minimum Gasteiger partial charge on any atom is -0.467 e. The Morgan fingerprint density at radius 1 is 1.64 bits per heavy atom. The molecule has 0 radical (unpaired) electrons. The zero-order valence-corrected chi connectivity index (χ0v) is 8.66. The Morgan fingerprint density at radius 2 is 2.36 bits per heavy atom. The summed E-state index contributed by atoms with van der Waals surface area (Å²) < 4.78 is 9.73. The van der Waals surface area contributed by atoms with Crippen molar-refractivity contribution in [1.29, 1.82) is 0 Å². The van der Waals surface area contributed by atoms with Gasteiger partial charge in [-0.25, -0.2) is 4.79 Å². The van der Waals surface area contributed by atoms with Crippen molar-refractivity contribution in [1.82, 2.24) is 5.32 Å². The van der Waals surface area contributed by atoms with Gasteiger partial charge in [-0.3, -0.25) is 0 Å². The summed E-state index contributed by atoms with van der Waals surface area (Å²) >= 11 is 0.